The number of ether oxygens (including phenoxy) is 2. The minimum atomic E-state index is -3.68. The molecule has 2 aromatic rings. The van der Waals surface area contributed by atoms with Gasteiger partial charge in [0.1, 0.15) is 5.82 Å². The van der Waals surface area contributed by atoms with Crippen molar-refractivity contribution in [2.45, 2.75) is 29.8 Å². The summed E-state index contributed by atoms with van der Waals surface area (Å²) in [6, 6.07) is 4.70. The van der Waals surface area contributed by atoms with Gasteiger partial charge in [-0.2, -0.15) is 4.31 Å². The molecule has 1 aromatic carbocycles. The number of aromatic nitrogens is 3. The number of fused-ring (bicyclic) bond motifs is 1. The molecule has 0 aliphatic carbocycles. The van der Waals surface area contributed by atoms with Crippen molar-refractivity contribution in [3.63, 3.8) is 0 Å². The number of H-pyrrole nitrogens is 1. The quantitative estimate of drug-likeness (QED) is 0.629. The third kappa shape index (κ3) is 4.96. The van der Waals surface area contributed by atoms with Crippen LogP contribution in [0.5, 0.6) is 11.5 Å². The Balaban J connectivity index is 1.34. The number of aryl methyl sites for hydroxylation is 1. The minimum Gasteiger partial charge on any atom is -0.490 e. The normalized spacial score (nSPS) is 17.4. The molecular weight excluding hydrogens is 442 g/mol. The van der Waals surface area contributed by atoms with Gasteiger partial charge in [0.25, 0.3) is 0 Å². The second-order valence-electron chi connectivity index (χ2n) is 7.15. The first-order valence-corrected chi connectivity index (χ1v) is 12.6. The molecule has 0 unspecified atom stereocenters. The molecule has 4 rings (SSSR count). The van der Waals surface area contributed by atoms with Crippen LogP contribution in [0.4, 0.5) is 0 Å². The zero-order valence-corrected chi connectivity index (χ0v) is 18.9. The zero-order chi connectivity index (χ0) is 21.8. The number of aromatic amines is 1. The van der Waals surface area contributed by atoms with E-state index < -0.39 is 10.0 Å². The molecule has 2 aliphatic rings. The molecule has 1 saturated heterocycles. The summed E-state index contributed by atoms with van der Waals surface area (Å²) < 4.78 is 38.8. The number of nitrogens with one attached hydrogen (secondary N) is 1. The van der Waals surface area contributed by atoms with E-state index >= 15 is 0 Å². The van der Waals surface area contributed by atoms with Gasteiger partial charge in [0.15, 0.2) is 11.5 Å². The van der Waals surface area contributed by atoms with Gasteiger partial charge >= 0.3 is 0 Å². The predicted molar refractivity (Wildman–Crippen MR) is 114 cm³/mol. The largest absolute Gasteiger partial charge is 0.490 e. The first-order valence-electron chi connectivity index (χ1n) is 10.2. The highest BCUT2D eigenvalue weighted by Crippen LogP contribution is 2.33. The number of benzene rings is 1. The molecule has 1 N–H and O–H groups in total. The summed E-state index contributed by atoms with van der Waals surface area (Å²) in [6.45, 7) is 4.18. The van der Waals surface area contributed by atoms with Crippen molar-refractivity contribution < 1.29 is 22.7 Å². The minimum absolute atomic E-state index is 0.0551. The van der Waals surface area contributed by atoms with Gasteiger partial charge in [-0.05, 0) is 12.1 Å². The van der Waals surface area contributed by atoms with Crippen LogP contribution in [0.1, 0.15) is 19.2 Å². The Morgan fingerprint density at radius 1 is 1.16 bits per heavy atom. The molecule has 0 bridgehead atoms. The van der Waals surface area contributed by atoms with Crippen LogP contribution in [0, 0.1) is 0 Å². The van der Waals surface area contributed by atoms with Crippen molar-refractivity contribution in [1.82, 2.24) is 24.4 Å². The first kappa shape index (κ1) is 21.9. The fourth-order valence-corrected chi connectivity index (χ4v) is 5.51. The summed E-state index contributed by atoms with van der Waals surface area (Å²) >= 11 is 1.27. The summed E-state index contributed by atoms with van der Waals surface area (Å²) in [6.07, 6.45) is 1.50. The number of sulfonamides is 1. The fraction of sp³-hybridized carbons (Fsp3) is 0.526. The second-order valence-corrected chi connectivity index (χ2v) is 10.0. The van der Waals surface area contributed by atoms with Crippen molar-refractivity contribution >= 4 is 27.7 Å². The van der Waals surface area contributed by atoms with Crippen LogP contribution in [-0.2, 0) is 21.2 Å². The highest BCUT2D eigenvalue weighted by molar-refractivity contribution is 7.99. The van der Waals surface area contributed by atoms with E-state index in [1.165, 1.54) is 22.1 Å². The number of carbonyl (C=O) groups is 1. The van der Waals surface area contributed by atoms with Gasteiger partial charge in [-0.3, -0.25) is 9.89 Å². The number of hydrogen-bond acceptors (Lipinski definition) is 8. The third-order valence-corrected chi connectivity index (χ3v) is 7.85. The van der Waals surface area contributed by atoms with Crippen LogP contribution < -0.4 is 9.47 Å². The maximum Gasteiger partial charge on any atom is 0.243 e. The highest BCUT2D eigenvalue weighted by Gasteiger charge is 2.31. The SMILES string of the molecule is CCc1nc(SCC(=O)N2CCN(S(=O)(=O)c3ccc4c(c3)OCCCO4)CC2)n[nH]1. The van der Waals surface area contributed by atoms with Crippen LogP contribution >= 0.6 is 11.8 Å². The van der Waals surface area contributed by atoms with E-state index in [1.807, 2.05) is 6.92 Å². The van der Waals surface area contributed by atoms with Crippen LogP contribution in [-0.4, -0.2) is 83.9 Å². The summed E-state index contributed by atoms with van der Waals surface area (Å²) in [5, 5.41) is 7.43. The molecule has 2 aliphatic heterocycles. The lowest BCUT2D eigenvalue weighted by molar-refractivity contribution is -0.129. The van der Waals surface area contributed by atoms with Gasteiger partial charge in [-0.15, -0.1) is 5.10 Å². The topological polar surface area (TPSA) is 118 Å². The number of hydrogen-bond donors (Lipinski definition) is 1. The Labute approximate surface area is 185 Å². The molecule has 12 heteroatoms. The molecule has 1 aromatic heterocycles. The number of rotatable bonds is 6. The van der Waals surface area contributed by atoms with Crippen LogP contribution in [0.15, 0.2) is 28.3 Å². The molecule has 3 heterocycles. The van der Waals surface area contributed by atoms with E-state index in [2.05, 4.69) is 15.2 Å². The van der Waals surface area contributed by atoms with Crippen LogP contribution in [0.25, 0.3) is 0 Å². The van der Waals surface area contributed by atoms with Crippen molar-refractivity contribution in [2.75, 3.05) is 45.1 Å². The van der Waals surface area contributed by atoms with Gasteiger partial charge < -0.3 is 14.4 Å². The molecule has 0 spiro atoms. The summed E-state index contributed by atoms with van der Waals surface area (Å²) in [7, 11) is -3.68. The molecule has 31 heavy (non-hydrogen) atoms. The maximum atomic E-state index is 13.1. The Bertz CT molecular complexity index is 1030. The summed E-state index contributed by atoms with van der Waals surface area (Å²) in [4.78, 5) is 18.6. The van der Waals surface area contributed by atoms with E-state index in [-0.39, 0.29) is 29.6 Å². The lowest BCUT2D eigenvalue weighted by Crippen LogP contribution is -2.50. The van der Waals surface area contributed by atoms with E-state index in [0.29, 0.717) is 43.0 Å². The fourth-order valence-electron chi connectivity index (χ4n) is 3.35. The number of thioether (sulfide) groups is 1. The summed E-state index contributed by atoms with van der Waals surface area (Å²) in [5.74, 6) is 1.95. The van der Waals surface area contributed by atoms with E-state index in [1.54, 1.807) is 17.0 Å². The first-order chi connectivity index (χ1) is 15.0. The Hall–Kier alpha value is -2.31. The maximum absolute atomic E-state index is 13.1. The van der Waals surface area contributed by atoms with Gasteiger partial charge in [-0.1, -0.05) is 18.7 Å². The number of carbonyl (C=O) groups excluding carboxylic acids is 1. The molecular formula is C19H25N5O5S2. The van der Waals surface area contributed by atoms with Gasteiger partial charge in [0.05, 0.1) is 23.9 Å². The molecule has 168 valence electrons. The Morgan fingerprint density at radius 3 is 2.61 bits per heavy atom. The highest BCUT2D eigenvalue weighted by atomic mass is 32.2. The molecule has 1 amide bonds. The monoisotopic (exact) mass is 467 g/mol. The molecule has 1 fully saturated rings. The lowest BCUT2D eigenvalue weighted by atomic mass is 10.3. The Morgan fingerprint density at radius 2 is 1.90 bits per heavy atom. The molecule has 0 radical (unpaired) electrons. The Kier molecular flexibility index (Phi) is 6.68. The van der Waals surface area contributed by atoms with Gasteiger partial charge in [0.2, 0.25) is 21.1 Å². The average molecular weight is 468 g/mol. The van der Waals surface area contributed by atoms with E-state index in [9.17, 15) is 13.2 Å². The van der Waals surface area contributed by atoms with Crippen molar-refractivity contribution in [3.8, 4) is 11.5 Å². The van der Waals surface area contributed by atoms with E-state index in [4.69, 9.17) is 9.47 Å². The molecule has 10 nitrogen and oxygen atoms in total. The summed E-state index contributed by atoms with van der Waals surface area (Å²) in [5.41, 5.74) is 0. The number of piperazine rings is 1. The van der Waals surface area contributed by atoms with Crippen LogP contribution in [0.2, 0.25) is 0 Å². The van der Waals surface area contributed by atoms with Crippen molar-refractivity contribution in [2.24, 2.45) is 0 Å². The molecule has 0 atom stereocenters. The smallest absolute Gasteiger partial charge is 0.243 e. The standard InChI is InChI=1S/C19H25N5O5S2/c1-2-17-20-19(22-21-17)30-13-18(25)23-6-8-24(9-7-23)31(26,27)14-4-5-15-16(12-14)29-11-3-10-28-15/h4-5,12H,2-3,6-11,13H2,1H3,(H,20,21,22). The zero-order valence-electron chi connectivity index (χ0n) is 17.2. The molecule has 0 saturated carbocycles. The second kappa shape index (κ2) is 9.45. The predicted octanol–water partition coefficient (Wildman–Crippen LogP) is 1.15. The van der Waals surface area contributed by atoms with Crippen molar-refractivity contribution in [1.29, 1.82) is 0 Å². The van der Waals surface area contributed by atoms with Crippen LogP contribution in [0.3, 0.4) is 0 Å². The average Bonchev–Trinajstić information content (AvgIpc) is 3.13. The number of nitrogens with zero attached hydrogens (tertiary/aromatic N) is 4. The lowest BCUT2D eigenvalue weighted by Gasteiger charge is -2.34. The van der Waals surface area contributed by atoms with Gasteiger partial charge in [-0.25, -0.2) is 13.4 Å². The van der Waals surface area contributed by atoms with E-state index in [0.717, 1.165) is 18.7 Å². The number of amides is 1. The third-order valence-electron chi connectivity index (χ3n) is 5.12. The van der Waals surface area contributed by atoms with Gasteiger partial charge in [0, 0.05) is 45.1 Å². The van der Waals surface area contributed by atoms with Crippen molar-refractivity contribution in [3.05, 3.63) is 24.0 Å².